The summed E-state index contributed by atoms with van der Waals surface area (Å²) in [5.74, 6) is 1.20. The van der Waals surface area contributed by atoms with E-state index < -0.39 is 0 Å². The summed E-state index contributed by atoms with van der Waals surface area (Å²) in [5.41, 5.74) is 2.35. The van der Waals surface area contributed by atoms with Crippen LogP contribution in [0.15, 0.2) is 57.7 Å². The third-order valence-electron chi connectivity index (χ3n) is 3.26. The van der Waals surface area contributed by atoms with Gasteiger partial charge in [-0.15, -0.1) is 0 Å². The van der Waals surface area contributed by atoms with Gasteiger partial charge in [0.05, 0.1) is 18.1 Å². The molecule has 0 aliphatic heterocycles. The first-order valence-corrected chi connectivity index (χ1v) is 6.37. The zero-order valence-electron chi connectivity index (χ0n) is 11.3. The second-order valence-electron chi connectivity index (χ2n) is 4.67. The molecule has 1 aromatic heterocycles. The molecule has 0 saturated carbocycles. The van der Waals surface area contributed by atoms with Crippen LogP contribution >= 0.6 is 0 Å². The molecule has 1 heterocycles. The SMILES string of the molecule is COc1ccccc1-c1cc(=O)c2cc(C)ccc2o1. The van der Waals surface area contributed by atoms with Crippen LogP contribution in [0.4, 0.5) is 0 Å². The van der Waals surface area contributed by atoms with Gasteiger partial charge in [-0.05, 0) is 31.2 Å². The molecule has 0 spiro atoms. The van der Waals surface area contributed by atoms with E-state index in [0.29, 0.717) is 22.5 Å². The maximum Gasteiger partial charge on any atom is 0.193 e. The lowest BCUT2D eigenvalue weighted by Gasteiger charge is -2.08. The van der Waals surface area contributed by atoms with Crippen molar-refractivity contribution in [3.8, 4) is 17.1 Å². The van der Waals surface area contributed by atoms with Gasteiger partial charge in [-0.1, -0.05) is 23.8 Å². The van der Waals surface area contributed by atoms with Crippen LogP contribution in [-0.2, 0) is 0 Å². The Bertz CT molecular complexity index is 831. The standard InChI is InChI=1S/C17H14O3/c1-11-7-8-16-13(9-11)14(18)10-17(20-16)12-5-3-4-6-15(12)19-2/h3-10H,1-2H3. The maximum absolute atomic E-state index is 12.2. The fourth-order valence-corrected chi connectivity index (χ4v) is 2.25. The van der Waals surface area contributed by atoms with E-state index in [1.54, 1.807) is 7.11 Å². The molecule has 0 N–H and O–H groups in total. The van der Waals surface area contributed by atoms with Crippen LogP contribution in [0, 0.1) is 6.92 Å². The predicted octanol–water partition coefficient (Wildman–Crippen LogP) is 3.78. The Balaban J connectivity index is 2.28. The second kappa shape index (κ2) is 4.85. The first kappa shape index (κ1) is 12.5. The highest BCUT2D eigenvalue weighted by molar-refractivity contribution is 5.80. The van der Waals surface area contributed by atoms with Gasteiger partial charge in [-0.2, -0.15) is 0 Å². The molecule has 100 valence electrons. The van der Waals surface area contributed by atoms with Crippen molar-refractivity contribution >= 4 is 11.0 Å². The Morgan fingerprint density at radius 3 is 2.65 bits per heavy atom. The van der Waals surface area contributed by atoms with E-state index in [2.05, 4.69) is 0 Å². The average Bonchev–Trinajstić information content (AvgIpc) is 2.47. The van der Waals surface area contributed by atoms with E-state index in [-0.39, 0.29) is 5.43 Å². The Labute approximate surface area is 116 Å². The molecule has 3 rings (SSSR count). The van der Waals surface area contributed by atoms with E-state index in [4.69, 9.17) is 9.15 Å². The fourth-order valence-electron chi connectivity index (χ4n) is 2.25. The van der Waals surface area contributed by atoms with Crippen molar-refractivity contribution in [1.29, 1.82) is 0 Å². The Morgan fingerprint density at radius 2 is 1.85 bits per heavy atom. The van der Waals surface area contributed by atoms with Gasteiger partial charge in [0.25, 0.3) is 0 Å². The van der Waals surface area contributed by atoms with Gasteiger partial charge in [-0.3, -0.25) is 4.79 Å². The molecule has 0 bridgehead atoms. The number of hydrogen-bond acceptors (Lipinski definition) is 3. The lowest BCUT2D eigenvalue weighted by molar-refractivity contribution is 0.415. The normalized spacial score (nSPS) is 10.7. The van der Waals surface area contributed by atoms with E-state index >= 15 is 0 Å². The van der Waals surface area contributed by atoms with Crippen LogP contribution < -0.4 is 10.2 Å². The molecule has 20 heavy (non-hydrogen) atoms. The fraction of sp³-hybridized carbons (Fsp3) is 0.118. The molecular weight excluding hydrogens is 252 g/mol. The van der Waals surface area contributed by atoms with Crippen molar-refractivity contribution in [2.24, 2.45) is 0 Å². The van der Waals surface area contributed by atoms with Gasteiger partial charge >= 0.3 is 0 Å². The van der Waals surface area contributed by atoms with Gasteiger partial charge < -0.3 is 9.15 Å². The predicted molar refractivity (Wildman–Crippen MR) is 79.2 cm³/mol. The number of ether oxygens (including phenoxy) is 1. The highest BCUT2D eigenvalue weighted by Crippen LogP contribution is 2.30. The number of fused-ring (bicyclic) bond motifs is 1. The van der Waals surface area contributed by atoms with Crippen molar-refractivity contribution in [1.82, 2.24) is 0 Å². The minimum atomic E-state index is -0.0455. The molecule has 0 aliphatic carbocycles. The van der Waals surface area contributed by atoms with Crippen molar-refractivity contribution in [2.75, 3.05) is 7.11 Å². The molecule has 0 fully saturated rings. The van der Waals surface area contributed by atoms with Crippen LogP contribution in [-0.4, -0.2) is 7.11 Å². The summed E-state index contributed by atoms with van der Waals surface area (Å²) < 4.78 is 11.2. The molecule has 2 aromatic carbocycles. The van der Waals surface area contributed by atoms with E-state index in [1.165, 1.54) is 6.07 Å². The molecule has 0 amide bonds. The topological polar surface area (TPSA) is 39.4 Å². The van der Waals surface area contributed by atoms with E-state index in [1.807, 2.05) is 49.4 Å². The number of benzene rings is 2. The lowest BCUT2D eigenvalue weighted by atomic mass is 10.1. The second-order valence-corrected chi connectivity index (χ2v) is 4.67. The molecule has 0 radical (unpaired) electrons. The maximum atomic E-state index is 12.2. The van der Waals surface area contributed by atoms with Crippen LogP contribution in [0.1, 0.15) is 5.56 Å². The zero-order valence-corrected chi connectivity index (χ0v) is 11.3. The molecular formula is C17H14O3. The quantitative estimate of drug-likeness (QED) is 0.708. The van der Waals surface area contributed by atoms with Crippen LogP contribution in [0.5, 0.6) is 5.75 Å². The summed E-state index contributed by atoms with van der Waals surface area (Å²) in [5, 5.41) is 0.601. The minimum Gasteiger partial charge on any atom is -0.496 e. The number of methoxy groups -OCH3 is 1. The molecule has 3 heteroatoms. The smallest absolute Gasteiger partial charge is 0.193 e. The number of hydrogen-bond donors (Lipinski definition) is 0. The minimum absolute atomic E-state index is 0.0455. The summed E-state index contributed by atoms with van der Waals surface area (Å²) >= 11 is 0. The van der Waals surface area contributed by atoms with Gasteiger partial charge in [0.15, 0.2) is 5.43 Å². The highest BCUT2D eigenvalue weighted by atomic mass is 16.5. The molecule has 0 saturated heterocycles. The molecule has 3 aromatic rings. The highest BCUT2D eigenvalue weighted by Gasteiger charge is 2.10. The van der Waals surface area contributed by atoms with Gasteiger partial charge in [0, 0.05) is 6.07 Å². The Kier molecular flexibility index (Phi) is 3.03. The van der Waals surface area contributed by atoms with Gasteiger partial charge in [-0.25, -0.2) is 0 Å². The average molecular weight is 266 g/mol. The van der Waals surface area contributed by atoms with Crippen molar-refractivity contribution < 1.29 is 9.15 Å². The van der Waals surface area contributed by atoms with Gasteiger partial charge in [0.1, 0.15) is 17.1 Å². The Hall–Kier alpha value is -2.55. The van der Waals surface area contributed by atoms with Crippen molar-refractivity contribution in [3.63, 3.8) is 0 Å². The van der Waals surface area contributed by atoms with Gasteiger partial charge in [0.2, 0.25) is 0 Å². The molecule has 3 nitrogen and oxygen atoms in total. The summed E-state index contributed by atoms with van der Waals surface area (Å²) in [6.45, 7) is 1.95. The molecule has 0 unspecified atom stereocenters. The van der Waals surface area contributed by atoms with Crippen LogP contribution in [0.25, 0.3) is 22.3 Å². The largest absolute Gasteiger partial charge is 0.496 e. The molecule has 0 atom stereocenters. The molecule has 0 aliphatic rings. The number of rotatable bonds is 2. The third kappa shape index (κ3) is 2.07. The Morgan fingerprint density at radius 1 is 1.05 bits per heavy atom. The van der Waals surface area contributed by atoms with Crippen LogP contribution in [0.3, 0.4) is 0 Å². The van der Waals surface area contributed by atoms with Crippen LogP contribution in [0.2, 0.25) is 0 Å². The zero-order chi connectivity index (χ0) is 14.1. The monoisotopic (exact) mass is 266 g/mol. The number of para-hydroxylation sites is 1. The van der Waals surface area contributed by atoms with Crippen molar-refractivity contribution in [3.05, 3.63) is 64.3 Å². The van der Waals surface area contributed by atoms with Crippen molar-refractivity contribution in [2.45, 2.75) is 6.92 Å². The summed E-state index contributed by atoms with van der Waals surface area (Å²) in [4.78, 5) is 12.2. The number of aryl methyl sites for hydroxylation is 1. The third-order valence-corrected chi connectivity index (χ3v) is 3.26. The van der Waals surface area contributed by atoms with E-state index in [0.717, 1.165) is 11.1 Å². The first-order chi connectivity index (χ1) is 9.69. The summed E-state index contributed by atoms with van der Waals surface area (Å²) in [6, 6.07) is 14.6. The van der Waals surface area contributed by atoms with E-state index in [9.17, 15) is 4.79 Å². The lowest BCUT2D eigenvalue weighted by Crippen LogP contribution is -2.01. The summed E-state index contributed by atoms with van der Waals surface area (Å²) in [6.07, 6.45) is 0. The first-order valence-electron chi connectivity index (χ1n) is 6.37. The summed E-state index contributed by atoms with van der Waals surface area (Å²) in [7, 11) is 1.60.